The predicted molar refractivity (Wildman–Crippen MR) is 200 cm³/mol. The predicted octanol–water partition coefficient (Wildman–Crippen LogP) is 12.2. The van der Waals surface area contributed by atoms with Crippen LogP contribution < -0.4 is 19.3 Å². The summed E-state index contributed by atoms with van der Waals surface area (Å²) in [7, 11) is 0. The fourth-order valence-corrected chi connectivity index (χ4v) is 6.79. The van der Waals surface area contributed by atoms with Crippen molar-refractivity contribution in [2.75, 3.05) is 9.80 Å². The molecule has 0 bridgehead atoms. The Bertz CT molecular complexity index is 2450. The van der Waals surface area contributed by atoms with Crippen molar-refractivity contribution in [2.45, 2.75) is 0 Å². The van der Waals surface area contributed by atoms with E-state index in [1.807, 2.05) is 97.1 Å². The van der Waals surface area contributed by atoms with Gasteiger partial charge in [-0.1, -0.05) is 90.1 Å². The first kappa shape index (κ1) is 28.9. The summed E-state index contributed by atoms with van der Waals surface area (Å²) >= 11 is 0. The number of rotatable bonds is 5. The Balaban J connectivity index is 0.884. The number of benzene rings is 7. The smallest absolute Gasteiger partial charge is 0.258 e. The number of aromatic nitrogens is 2. The van der Waals surface area contributed by atoms with Crippen molar-refractivity contribution in [3.05, 3.63) is 170 Å². The summed E-state index contributed by atoms with van der Waals surface area (Å²) in [5.74, 6) is 4.30. The fourth-order valence-electron chi connectivity index (χ4n) is 6.79. The van der Waals surface area contributed by atoms with Gasteiger partial charge in [0, 0.05) is 22.5 Å². The second kappa shape index (κ2) is 11.8. The average Bonchev–Trinajstić information content (AvgIpc) is 3.70. The largest absolute Gasteiger partial charge is 0.453 e. The summed E-state index contributed by atoms with van der Waals surface area (Å²) in [6.45, 7) is 0. The van der Waals surface area contributed by atoms with Crippen molar-refractivity contribution >= 4 is 34.1 Å². The van der Waals surface area contributed by atoms with Crippen molar-refractivity contribution in [2.24, 2.45) is 0 Å². The summed E-state index contributed by atoms with van der Waals surface area (Å²) < 4.78 is 18.1. The quantitative estimate of drug-likeness (QED) is 0.182. The van der Waals surface area contributed by atoms with Crippen LogP contribution in [0, 0.1) is 0 Å². The van der Waals surface area contributed by atoms with Crippen molar-refractivity contribution in [1.82, 2.24) is 10.1 Å². The maximum absolute atomic E-state index is 6.18. The molecule has 7 heteroatoms. The van der Waals surface area contributed by atoms with Crippen LogP contribution in [0.5, 0.6) is 23.0 Å². The third kappa shape index (κ3) is 4.99. The molecular weight excluding hydrogens is 633 g/mol. The zero-order chi connectivity index (χ0) is 33.7. The van der Waals surface area contributed by atoms with Gasteiger partial charge < -0.3 is 23.8 Å². The number of nitrogens with zero attached hydrogens (tertiary/aromatic N) is 4. The highest BCUT2D eigenvalue weighted by Gasteiger charge is 2.26. The van der Waals surface area contributed by atoms with Crippen LogP contribution in [0.4, 0.5) is 34.1 Å². The normalized spacial score (nSPS) is 12.5. The molecule has 10 rings (SSSR count). The van der Waals surface area contributed by atoms with Gasteiger partial charge in [-0.3, -0.25) is 0 Å². The summed E-state index contributed by atoms with van der Waals surface area (Å²) in [6.07, 6.45) is 0. The summed E-state index contributed by atoms with van der Waals surface area (Å²) in [6, 6.07) is 57.3. The van der Waals surface area contributed by atoms with E-state index in [2.05, 4.69) is 87.8 Å². The van der Waals surface area contributed by atoms with E-state index in [-0.39, 0.29) is 0 Å². The lowest BCUT2D eigenvalue weighted by molar-refractivity contribution is 0.432. The summed E-state index contributed by atoms with van der Waals surface area (Å²) in [5.41, 5.74) is 9.98. The molecule has 0 unspecified atom stereocenters. The minimum absolute atomic E-state index is 0.463. The number of hydrogen-bond acceptors (Lipinski definition) is 7. The maximum atomic E-state index is 6.18. The fraction of sp³-hybridized carbons (Fsp3) is 0. The zero-order valence-electron chi connectivity index (χ0n) is 27.2. The minimum atomic E-state index is 0.463. The molecule has 0 aliphatic carbocycles. The van der Waals surface area contributed by atoms with Crippen LogP contribution in [0.2, 0.25) is 0 Å². The van der Waals surface area contributed by atoms with Gasteiger partial charge in [0.1, 0.15) is 0 Å². The van der Waals surface area contributed by atoms with Gasteiger partial charge in [0.2, 0.25) is 5.82 Å². The molecule has 1 aromatic heterocycles. The number of hydrogen-bond donors (Lipinski definition) is 0. The number of anilines is 6. The van der Waals surface area contributed by atoms with Gasteiger partial charge in [0.15, 0.2) is 23.0 Å². The van der Waals surface area contributed by atoms with Crippen molar-refractivity contribution in [3.8, 4) is 57.0 Å². The molecule has 2 aliphatic heterocycles. The Morgan fingerprint density at radius 3 is 1.14 bits per heavy atom. The third-order valence-corrected chi connectivity index (χ3v) is 9.26. The van der Waals surface area contributed by atoms with Gasteiger partial charge in [-0.15, -0.1) is 0 Å². The molecule has 0 amide bonds. The SMILES string of the molecule is c1ccc2c(c1)Oc1ccccc1N2c1ccc(-c2ccc(-c3noc(-c4ccc(N5c6ccccc6Oc6ccccc65)cc4)n3)cc2)cc1. The average molecular weight is 661 g/mol. The van der Waals surface area contributed by atoms with Crippen LogP contribution in [-0.4, -0.2) is 10.1 Å². The Labute approximate surface area is 294 Å². The van der Waals surface area contributed by atoms with Gasteiger partial charge in [-0.05, 0) is 96.1 Å². The van der Waals surface area contributed by atoms with Crippen LogP contribution in [-0.2, 0) is 0 Å². The van der Waals surface area contributed by atoms with Gasteiger partial charge >= 0.3 is 0 Å². The monoisotopic (exact) mass is 660 g/mol. The van der Waals surface area contributed by atoms with Gasteiger partial charge in [-0.2, -0.15) is 4.98 Å². The topological polar surface area (TPSA) is 63.9 Å². The van der Waals surface area contributed by atoms with E-state index in [0.29, 0.717) is 11.7 Å². The Kier molecular flexibility index (Phi) is 6.67. The zero-order valence-corrected chi connectivity index (χ0v) is 27.2. The first-order valence-electron chi connectivity index (χ1n) is 16.7. The van der Waals surface area contributed by atoms with Gasteiger partial charge in [-0.25, -0.2) is 0 Å². The Hall–Kier alpha value is -7.12. The number of ether oxygens (including phenoxy) is 2. The molecule has 51 heavy (non-hydrogen) atoms. The maximum Gasteiger partial charge on any atom is 0.258 e. The van der Waals surface area contributed by atoms with E-state index >= 15 is 0 Å². The first-order valence-corrected chi connectivity index (χ1v) is 16.7. The molecular formula is C44H28N4O3. The molecule has 0 spiro atoms. The summed E-state index contributed by atoms with van der Waals surface area (Å²) in [4.78, 5) is 9.18. The molecule has 8 aromatic rings. The van der Waals surface area contributed by atoms with E-state index < -0.39 is 0 Å². The lowest BCUT2D eigenvalue weighted by Gasteiger charge is -2.32. The molecule has 0 saturated carbocycles. The van der Waals surface area contributed by atoms with E-state index in [1.54, 1.807) is 0 Å². The van der Waals surface area contributed by atoms with Crippen LogP contribution in [0.1, 0.15) is 0 Å². The highest BCUT2D eigenvalue weighted by atomic mass is 16.5. The van der Waals surface area contributed by atoms with E-state index in [0.717, 1.165) is 79.4 Å². The van der Waals surface area contributed by atoms with E-state index in [1.165, 1.54) is 0 Å². The summed E-state index contributed by atoms with van der Waals surface area (Å²) in [5, 5.41) is 4.31. The second-order valence-corrected chi connectivity index (χ2v) is 12.3. The molecule has 3 heterocycles. The molecule has 0 N–H and O–H groups in total. The van der Waals surface area contributed by atoms with E-state index in [9.17, 15) is 0 Å². The molecule has 242 valence electrons. The van der Waals surface area contributed by atoms with Crippen molar-refractivity contribution in [1.29, 1.82) is 0 Å². The van der Waals surface area contributed by atoms with Gasteiger partial charge in [0.05, 0.1) is 22.7 Å². The molecule has 7 nitrogen and oxygen atoms in total. The van der Waals surface area contributed by atoms with Crippen LogP contribution in [0.3, 0.4) is 0 Å². The molecule has 0 radical (unpaired) electrons. The molecule has 7 aromatic carbocycles. The molecule has 2 aliphatic rings. The first-order chi connectivity index (χ1) is 25.3. The van der Waals surface area contributed by atoms with Gasteiger partial charge in [0.25, 0.3) is 5.89 Å². The lowest BCUT2D eigenvalue weighted by Crippen LogP contribution is -2.15. The molecule has 0 saturated heterocycles. The third-order valence-electron chi connectivity index (χ3n) is 9.26. The van der Waals surface area contributed by atoms with Crippen molar-refractivity contribution in [3.63, 3.8) is 0 Å². The number of fused-ring (bicyclic) bond motifs is 4. The highest BCUT2D eigenvalue weighted by molar-refractivity contribution is 5.88. The van der Waals surface area contributed by atoms with Crippen LogP contribution in [0.15, 0.2) is 174 Å². The Morgan fingerprint density at radius 2 is 0.706 bits per heavy atom. The molecule has 0 atom stereocenters. The minimum Gasteiger partial charge on any atom is -0.453 e. The van der Waals surface area contributed by atoms with Crippen LogP contribution >= 0.6 is 0 Å². The lowest BCUT2D eigenvalue weighted by atomic mass is 10.0. The molecule has 0 fully saturated rings. The highest BCUT2D eigenvalue weighted by Crippen LogP contribution is 2.51. The second-order valence-electron chi connectivity index (χ2n) is 12.3. The number of para-hydroxylation sites is 8. The Morgan fingerprint density at radius 1 is 0.353 bits per heavy atom. The van der Waals surface area contributed by atoms with Crippen LogP contribution in [0.25, 0.3) is 34.0 Å². The van der Waals surface area contributed by atoms with E-state index in [4.69, 9.17) is 19.0 Å². The van der Waals surface area contributed by atoms with Crippen molar-refractivity contribution < 1.29 is 14.0 Å². The standard InChI is InChI=1S/C44H28N4O3/c1-5-13-39-35(9-1)47(36-10-2-6-14-40(36)49-39)33-25-21-30(22-26-33)29-17-19-31(20-18-29)43-45-44(51-46-43)32-23-27-34(28-24-32)48-37-11-3-7-15-41(37)50-42-16-8-4-12-38(42)48/h1-28H.